The SMILES string of the molecule is CCCCN(CCSc1ccccc1C(=O)O)c1nc2ccccc2o1. The van der Waals surface area contributed by atoms with E-state index in [1.165, 1.54) is 0 Å². The summed E-state index contributed by atoms with van der Waals surface area (Å²) in [4.78, 5) is 18.8. The van der Waals surface area contributed by atoms with E-state index in [1.807, 2.05) is 36.4 Å². The summed E-state index contributed by atoms with van der Waals surface area (Å²) in [5, 5.41) is 9.30. The highest BCUT2D eigenvalue weighted by molar-refractivity contribution is 7.99. The number of carboxylic acid groups (broad SMARTS) is 1. The van der Waals surface area contributed by atoms with Gasteiger partial charge in [-0.15, -0.1) is 11.8 Å². The van der Waals surface area contributed by atoms with Crippen molar-refractivity contribution < 1.29 is 14.3 Å². The molecule has 0 saturated heterocycles. The molecule has 0 aliphatic carbocycles. The van der Waals surface area contributed by atoms with Crippen molar-refractivity contribution in [1.29, 1.82) is 0 Å². The summed E-state index contributed by atoms with van der Waals surface area (Å²) < 4.78 is 5.90. The smallest absolute Gasteiger partial charge is 0.336 e. The largest absolute Gasteiger partial charge is 0.478 e. The third-order valence-electron chi connectivity index (χ3n) is 4.07. The number of anilines is 1. The van der Waals surface area contributed by atoms with Gasteiger partial charge in [0, 0.05) is 23.7 Å². The Morgan fingerprint density at radius 1 is 1.15 bits per heavy atom. The number of rotatable bonds is 9. The average Bonchev–Trinajstić information content (AvgIpc) is 3.08. The molecule has 0 atom stereocenters. The van der Waals surface area contributed by atoms with Gasteiger partial charge in [-0.3, -0.25) is 0 Å². The molecule has 2 aromatic carbocycles. The average molecular weight is 370 g/mol. The van der Waals surface area contributed by atoms with Crippen LogP contribution in [0, 0.1) is 0 Å². The maximum absolute atomic E-state index is 11.3. The number of thioether (sulfide) groups is 1. The van der Waals surface area contributed by atoms with Crippen LogP contribution in [-0.4, -0.2) is 34.9 Å². The van der Waals surface area contributed by atoms with Gasteiger partial charge in [-0.1, -0.05) is 37.6 Å². The molecule has 1 heterocycles. The molecule has 0 unspecified atom stereocenters. The molecule has 0 spiro atoms. The summed E-state index contributed by atoms with van der Waals surface area (Å²) in [5.41, 5.74) is 1.99. The lowest BCUT2D eigenvalue weighted by Gasteiger charge is -2.20. The molecule has 6 heteroatoms. The number of hydrogen-bond donors (Lipinski definition) is 1. The molecule has 0 fully saturated rings. The first-order chi connectivity index (χ1) is 12.7. The van der Waals surface area contributed by atoms with Gasteiger partial charge in [0.1, 0.15) is 5.52 Å². The predicted molar refractivity (Wildman–Crippen MR) is 105 cm³/mol. The topological polar surface area (TPSA) is 66.6 Å². The van der Waals surface area contributed by atoms with Gasteiger partial charge in [-0.2, -0.15) is 4.98 Å². The van der Waals surface area contributed by atoms with Gasteiger partial charge in [0.05, 0.1) is 5.56 Å². The van der Waals surface area contributed by atoms with Crippen LogP contribution in [0.15, 0.2) is 57.8 Å². The first kappa shape index (κ1) is 18.3. The van der Waals surface area contributed by atoms with Crippen molar-refractivity contribution in [2.24, 2.45) is 0 Å². The first-order valence-corrected chi connectivity index (χ1v) is 9.73. The summed E-state index contributed by atoms with van der Waals surface area (Å²) in [6, 6.07) is 15.5. The van der Waals surface area contributed by atoms with E-state index in [0.717, 1.165) is 47.7 Å². The molecule has 136 valence electrons. The molecule has 26 heavy (non-hydrogen) atoms. The second-order valence-corrected chi connectivity index (χ2v) is 7.09. The van der Waals surface area contributed by atoms with Crippen LogP contribution in [0.2, 0.25) is 0 Å². The highest BCUT2D eigenvalue weighted by Gasteiger charge is 2.15. The van der Waals surface area contributed by atoms with Crippen LogP contribution >= 0.6 is 11.8 Å². The van der Waals surface area contributed by atoms with E-state index in [-0.39, 0.29) is 0 Å². The molecule has 0 aliphatic rings. The Balaban J connectivity index is 1.70. The molecule has 1 N–H and O–H groups in total. The Hall–Kier alpha value is -2.47. The number of unbranched alkanes of at least 4 members (excludes halogenated alkanes) is 1. The van der Waals surface area contributed by atoms with Gasteiger partial charge in [0.2, 0.25) is 0 Å². The van der Waals surface area contributed by atoms with Gasteiger partial charge < -0.3 is 14.4 Å². The Labute approximate surface area is 157 Å². The van der Waals surface area contributed by atoms with Crippen LogP contribution in [0.5, 0.6) is 0 Å². The lowest BCUT2D eigenvalue weighted by atomic mass is 10.2. The van der Waals surface area contributed by atoms with E-state index in [1.54, 1.807) is 23.9 Å². The fraction of sp³-hybridized carbons (Fsp3) is 0.300. The summed E-state index contributed by atoms with van der Waals surface area (Å²) in [5.74, 6) is -0.137. The molecule has 3 aromatic rings. The summed E-state index contributed by atoms with van der Waals surface area (Å²) in [7, 11) is 0. The van der Waals surface area contributed by atoms with Gasteiger partial charge >= 0.3 is 5.97 Å². The van der Waals surface area contributed by atoms with Crippen molar-refractivity contribution in [1.82, 2.24) is 4.98 Å². The third-order valence-corrected chi connectivity index (χ3v) is 5.12. The van der Waals surface area contributed by atoms with E-state index in [4.69, 9.17) is 4.42 Å². The number of aromatic carboxylic acids is 1. The lowest BCUT2D eigenvalue weighted by molar-refractivity contribution is 0.0693. The number of para-hydroxylation sites is 2. The quantitative estimate of drug-likeness (QED) is 0.539. The minimum absolute atomic E-state index is 0.347. The fourth-order valence-corrected chi connectivity index (χ4v) is 3.70. The third kappa shape index (κ3) is 4.38. The number of carbonyl (C=O) groups is 1. The summed E-state index contributed by atoms with van der Waals surface area (Å²) in [6.45, 7) is 3.76. The highest BCUT2D eigenvalue weighted by atomic mass is 32.2. The Bertz CT molecular complexity index is 845. The zero-order chi connectivity index (χ0) is 18.4. The first-order valence-electron chi connectivity index (χ1n) is 8.74. The molecule has 3 rings (SSSR count). The van der Waals surface area contributed by atoms with E-state index >= 15 is 0 Å². The van der Waals surface area contributed by atoms with Crippen molar-refractivity contribution in [3.05, 3.63) is 54.1 Å². The molecular formula is C20H22N2O3S. The number of fused-ring (bicyclic) bond motifs is 1. The van der Waals surface area contributed by atoms with Crippen molar-refractivity contribution in [3.63, 3.8) is 0 Å². The highest BCUT2D eigenvalue weighted by Crippen LogP contribution is 2.25. The fourth-order valence-electron chi connectivity index (χ4n) is 2.68. The second-order valence-electron chi connectivity index (χ2n) is 5.95. The van der Waals surface area contributed by atoms with E-state index in [2.05, 4.69) is 16.8 Å². The molecular weight excluding hydrogens is 348 g/mol. The second kappa shape index (κ2) is 8.76. The standard InChI is InChI=1S/C20H22N2O3S/c1-2-3-12-22(20-21-16-9-5-6-10-17(16)25-20)13-14-26-18-11-7-4-8-15(18)19(23)24/h4-11H,2-3,12-14H2,1H3,(H,23,24). The van der Waals surface area contributed by atoms with Gasteiger partial charge in [-0.05, 0) is 30.7 Å². The summed E-state index contributed by atoms with van der Waals surface area (Å²) >= 11 is 1.55. The number of oxazole rings is 1. The maximum atomic E-state index is 11.3. The van der Waals surface area contributed by atoms with Crippen LogP contribution in [0.3, 0.4) is 0 Å². The zero-order valence-electron chi connectivity index (χ0n) is 14.7. The van der Waals surface area contributed by atoms with E-state index < -0.39 is 5.97 Å². The summed E-state index contributed by atoms with van der Waals surface area (Å²) in [6.07, 6.45) is 2.14. The zero-order valence-corrected chi connectivity index (χ0v) is 15.5. The van der Waals surface area contributed by atoms with Crippen LogP contribution in [0.1, 0.15) is 30.1 Å². The van der Waals surface area contributed by atoms with Crippen molar-refractivity contribution in [2.45, 2.75) is 24.7 Å². The molecule has 0 saturated carbocycles. The number of carboxylic acids is 1. The van der Waals surface area contributed by atoms with E-state index in [9.17, 15) is 9.90 Å². The molecule has 5 nitrogen and oxygen atoms in total. The van der Waals surface area contributed by atoms with Crippen LogP contribution in [-0.2, 0) is 0 Å². The normalized spacial score (nSPS) is 11.0. The molecule has 0 bridgehead atoms. The van der Waals surface area contributed by atoms with Gasteiger partial charge in [0.15, 0.2) is 5.58 Å². The lowest BCUT2D eigenvalue weighted by Crippen LogP contribution is -2.27. The maximum Gasteiger partial charge on any atom is 0.336 e. The van der Waals surface area contributed by atoms with Crippen LogP contribution in [0.25, 0.3) is 11.1 Å². The predicted octanol–water partition coefficient (Wildman–Crippen LogP) is 4.92. The molecule has 0 radical (unpaired) electrons. The number of aromatic nitrogens is 1. The number of hydrogen-bond acceptors (Lipinski definition) is 5. The minimum atomic E-state index is -0.894. The van der Waals surface area contributed by atoms with Crippen molar-refractivity contribution in [3.8, 4) is 0 Å². The van der Waals surface area contributed by atoms with Gasteiger partial charge in [-0.25, -0.2) is 4.79 Å². The van der Waals surface area contributed by atoms with Gasteiger partial charge in [0.25, 0.3) is 6.01 Å². The monoisotopic (exact) mass is 370 g/mol. The van der Waals surface area contributed by atoms with Crippen LogP contribution < -0.4 is 4.90 Å². The van der Waals surface area contributed by atoms with Crippen molar-refractivity contribution >= 4 is 34.8 Å². The van der Waals surface area contributed by atoms with Crippen molar-refractivity contribution in [2.75, 3.05) is 23.7 Å². The van der Waals surface area contributed by atoms with Crippen LogP contribution in [0.4, 0.5) is 6.01 Å². The minimum Gasteiger partial charge on any atom is -0.478 e. The number of nitrogens with zero attached hydrogens (tertiary/aromatic N) is 2. The Morgan fingerprint density at radius 2 is 1.92 bits per heavy atom. The molecule has 0 aliphatic heterocycles. The molecule has 0 amide bonds. The Kier molecular flexibility index (Phi) is 6.17. The van der Waals surface area contributed by atoms with E-state index in [0.29, 0.717) is 11.6 Å². The Morgan fingerprint density at radius 3 is 2.69 bits per heavy atom. The molecule has 1 aromatic heterocycles. The number of benzene rings is 2.